The zero-order valence-electron chi connectivity index (χ0n) is 15.7. The Morgan fingerprint density at radius 3 is 1.89 bits per heavy atom. The Kier molecular flexibility index (Phi) is 6.13. The van der Waals surface area contributed by atoms with E-state index in [-0.39, 0.29) is 16.8 Å². The van der Waals surface area contributed by atoms with E-state index in [0.717, 1.165) is 0 Å². The molecule has 11 nitrogen and oxygen atoms in total. The number of aromatic nitrogens is 3. The van der Waals surface area contributed by atoms with Crippen molar-refractivity contribution in [3.63, 3.8) is 0 Å². The lowest BCUT2D eigenvalue weighted by molar-refractivity contribution is -0.114. The summed E-state index contributed by atoms with van der Waals surface area (Å²) >= 11 is 0. The van der Waals surface area contributed by atoms with Crippen LogP contribution in [0.1, 0.15) is 6.92 Å². The number of rotatable bonds is 7. The van der Waals surface area contributed by atoms with Gasteiger partial charge in [-0.2, -0.15) is 15.0 Å². The fourth-order valence-corrected chi connectivity index (χ4v) is 2.74. The molecule has 3 N–H and O–H groups in total. The molecular weight excluding hydrogens is 372 g/mol. The maximum absolute atomic E-state index is 12.4. The van der Waals surface area contributed by atoms with E-state index in [4.69, 9.17) is 0 Å². The molecule has 12 heteroatoms. The SMILES string of the molecule is CC(=O)Nc1ccc(S(=O)(=O)NNc2nc(N(C)C)nc(N(C)C)n2)cc1. The average molecular weight is 394 g/mol. The van der Waals surface area contributed by atoms with Crippen molar-refractivity contribution in [3.8, 4) is 0 Å². The number of amides is 1. The van der Waals surface area contributed by atoms with Crippen LogP contribution in [0, 0.1) is 0 Å². The fourth-order valence-electron chi connectivity index (χ4n) is 1.90. The molecule has 146 valence electrons. The maximum atomic E-state index is 12.4. The Bertz CT molecular complexity index is 887. The maximum Gasteiger partial charge on any atom is 0.257 e. The minimum Gasteiger partial charge on any atom is -0.347 e. The molecule has 2 rings (SSSR count). The number of sulfonamides is 1. The quantitative estimate of drug-likeness (QED) is 0.566. The number of hydrogen-bond donors (Lipinski definition) is 3. The topological polar surface area (TPSA) is 132 Å². The molecule has 1 aromatic heterocycles. The summed E-state index contributed by atoms with van der Waals surface area (Å²) in [5.41, 5.74) is 3.00. The molecule has 0 bridgehead atoms. The first kappa shape index (κ1) is 20.3. The predicted octanol–water partition coefficient (Wildman–Crippen LogP) is 0.267. The molecule has 0 radical (unpaired) electrons. The highest BCUT2D eigenvalue weighted by molar-refractivity contribution is 7.89. The van der Waals surface area contributed by atoms with E-state index in [2.05, 4.69) is 30.5 Å². The Balaban J connectivity index is 2.18. The van der Waals surface area contributed by atoms with Crippen molar-refractivity contribution in [1.29, 1.82) is 0 Å². The van der Waals surface area contributed by atoms with Gasteiger partial charge in [0, 0.05) is 40.8 Å². The van der Waals surface area contributed by atoms with Crippen molar-refractivity contribution in [2.24, 2.45) is 0 Å². The molecule has 0 saturated carbocycles. The van der Waals surface area contributed by atoms with Crippen molar-refractivity contribution in [2.75, 3.05) is 48.7 Å². The van der Waals surface area contributed by atoms with E-state index < -0.39 is 10.0 Å². The number of anilines is 4. The van der Waals surface area contributed by atoms with Gasteiger partial charge in [0.15, 0.2) is 0 Å². The molecule has 2 aromatic rings. The first-order valence-corrected chi connectivity index (χ1v) is 9.33. The lowest BCUT2D eigenvalue weighted by Crippen LogP contribution is -2.31. The van der Waals surface area contributed by atoms with Crippen molar-refractivity contribution >= 4 is 39.5 Å². The second-order valence-electron chi connectivity index (χ2n) is 5.98. The first-order chi connectivity index (χ1) is 12.6. The van der Waals surface area contributed by atoms with Crippen LogP contribution >= 0.6 is 0 Å². The van der Waals surface area contributed by atoms with Gasteiger partial charge in [0.1, 0.15) is 0 Å². The lowest BCUT2D eigenvalue weighted by atomic mass is 10.3. The minimum atomic E-state index is -3.87. The van der Waals surface area contributed by atoms with Crippen LogP contribution in [0.25, 0.3) is 0 Å². The number of hydrogen-bond acceptors (Lipinski definition) is 9. The largest absolute Gasteiger partial charge is 0.347 e. The summed E-state index contributed by atoms with van der Waals surface area (Å²) < 4.78 is 24.8. The van der Waals surface area contributed by atoms with Gasteiger partial charge in [-0.15, -0.1) is 4.83 Å². The second kappa shape index (κ2) is 8.14. The summed E-state index contributed by atoms with van der Waals surface area (Å²) in [6.07, 6.45) is 0. The Hall–Kier alpha value is -2.99. The standard InChI is InChI=1S/C15H22N8O3S/c1-10(24)16-11-6-8-12(9-7-11)27(25,26)21-20-13-17-14(22(2)3)19-15(18-13)23(4)5/h6-9,21H,1-5H3,(H,16,24)(H,17,18,19,20). The molecule has 0 spiro atoms. The van der Waals surface area contributed by atoms with Crippen LogP contribution in [0.4, 0.5) is 23.5 Å². The molecule has 0 aliphatic rings. The first-order valence-electron chi connectivity index (χ1n) is 7.84. The van der Waals surface area contributed by atoms with Crippen LogP contribution < -0.4 is 25.4 Å². The highest BCUT2D eigenvalue weighted by atomic mass is 32.2. The third-order valence-electron chi connectivity index (χ3n) is 3.19. The van der Waals surface area contributed by atoms with Crippen LogP contribution in [-0.2, 0) is 14.8 Å². The molecule has 27 heavy (non-hydrogen) atoms. The number of nitrogens with one attached hydrogen (secondary N) is 3. The molecule has 1 amide bonds. The van der Waals surface area contributed by atoms with Crippen LogP contribution in [0.5, 0.6) is 0 Å². The van der Waals surface area contributed by atoms with Gasteiger partial charge < -0.3 is 15.1 Å². The molecular formula is C15H22N8O3S. The van der Waals surface area contributed by atoms with E-state index in [1.165, 1.54) is 31.2 Å². The van der Waals surface area contributed by atoms with Gasteiger partial charge in [-0.3, -0.25) is 10.2 Å². The summed E-state index contributed by atoms with van der Waals surface area (Å²) in [5, 5.41) is 2.57. The molecule has 0 saturated heterocycles. The number of carbonyl (C=O) groups is 1. The average Bonchev–Trinajstić information content (AvgIpc) is 2.59. The summed E-state index contributed by atoms with van der Waals surface area (Å²) in [4.78, 5) is 29.2. The monoisotopic (exact) mass is 394 g/mol. The van der Waals surface area contributed by atoms with Gasteiger partial charge in [-0.1, -0.05) is 0 Å². The zero-order valence-corrected chi connectivity index (χ0v) is 16.5. The number of hydrazine groups is 1. The van der Waals surface area contributed by atoms with Gasteiger partial charge in [-0.25, -0.2) is 8.42 Å². The number of nitrogens with zero attached hydrogens (tertiary/aromatic N) is 5. The Labute approximate surface area is 157 Å². The van der Waals surface area contributed by atoms with E-state index in [0.29, 0.717) is 17.6 Å². The van der Waals surface area contributed by atoms with E-state index in [1.807, 2.05) is 0 Å². The van der Waals surface area contributed by atoms with Crippen LogP contribution in [0.15, 0.2) is 29.2 Å². The van der Waals surface area contributed by atoms with E-state index >= 15 is 0 Å². The smallest absolute Gasteiger partial charge is 0.257 e. The van der Waals surface area contributed by atoms with E-state index in [1.54, 1.807) is 38.0 Å². The summed E-state index contributed by atoms with van der Waals surface area (Å²) in [6, 6.07) is 5.73. The van der Waals surface area contributed by atoms with Crippen molar-refractivity contribution in [3.05, 3.63) is 24.3 Å². The summed E-state index contributed by atoms with van der Waals surface area (Å²) in [7, 11) is 3.18. The minimum absolute atomic E-state index is 0.0128. The van der Waals surface area contributed by atoms with Crippen LogP contribution in [0.3, 0.4) is 0 Å². The molecule has 0 fully saturated rings. The number of benzene rings is 1. The van der Waals surface area contributed by atoms with Gasteiger partial charge in [-0.05, 0) is 24.3 Å². The third kappa shape index (κ3) is 5.49. The highest BCUT2D eigenvalue weighted by Crippen LogP contribution is 2.15. The van der Waals surface area contributed by atoms with Crippen molar-refractivity contribution in [1.82, 2.24) is 19.8 Å². The highest BCUT2D eigenvalue weighted by Gasteiger charge is 2.16. The Morgan fingerprint density at radius 2 is 1.44 bits per heavy atom. The molecule has 0 unspecified atom stereocenters. The zero-order chi connectivity index (χ0) is 20.2. The van der Waals surface area contributed by atoms with Gasteiger partial charge in [0.05, 0.1) is 4.90 Å². The van der Waals surface area contributed by atoms with Gasteiger partial charge in [0.2, 0.25) is 23.8 Å². The lowest BCUT2D eigenvalue weighted by Gasteiger charge is -2.16. The van der Waals surface area contributed by atoms with E-state index in [9.17, 15) is 13.2 Å². The van der Waals surface area contributed by atoms with Crippen LogP contribution in [0.2, 0.25) is 0 Å². The number of carbonyl (C=O) groups excluding carboxylic acids is 1. The van der Waals surface area contributed by atoms with Crippen molar-refractivity contribution in [2.45, 2.75) is 11.8 Å². The normalized spacial score (nSPS) is 11.0. The predicted molar refractivity (Wildman–Crippen MR) is 103 cm³/mol. The van der Waals surface area contributed by atoms with Gasteiger partial charge >= 0.3 is 0 Å². The van der Waals surface area contributed by atoms with Crippen LogP contribution in [-0.4, -0.2) is 57.5 Å². The summed E-state index contributed by atoms with van der Waals surface area (Å²) in [5.74, 6) is 0.551. The molecule has 1 aromatic carbocycles. The molecule has 0 atom stereocenters. The molecule has 0 aliphatic heterocycles. The fraction of sp³-hybridized carbons (Fsp3) is 0.333. The third-order valence-corrected chi connectivity index (χ3v) is 4.46. The Morgan fingerprint density at radius 1 is 0.926 bits per heavy atom. The second-order valence-corrected chi connectivity index (χ2v) is 7.67. The molecule has 0 aliphatic carbocycles. The van der Waals surface area contributed by atoms with Gasteiger partial charge in [0.25, 0.3) is 10.0 Å². The summed E-state index contributed by atoms with van der Waals surface area (Å²) in [6.45, 7) is 1.37. The molecule has 1 heterocycles. The van der Waals surface area contributed by atoms with Crippen molar-refractivity contribution < 1.29 is 13.2 Å².